The first-order valence-electron chi connectivity index (χ1n) is 9.09. The number of aromatic nitrogens is 2. The maximum atomic E-state index is 12.9. The van der Waals surface area contributed by atoms with Gasteiger partial charge in [0, 0.05) is 24.0 Å². The molecule has 0 bridgehead atoms. The van der Waals surface area contributed by atoms with E-state index in [9.17, 15) is 4.79 Å². The maximum Gasteiger partial charge on any atom is 0.259 e. The number of benzene rings is 1. The average Bonchev–Trinajstić information content (AvgIpc) is 3.25. The lowest BCUT2D eigenvalue weighted by Crippen LogP contribution is -2.29. The summed E-state index contributed by atoms with van der Waals surface area (Å²) in [7, 11) is 0. The summed E-state index contributed by atoms with van der Waals surface area (Å²) in [6.45, 7) is 6.57. The minimum absolute atomic E-state index is 0.00996. The molecule has 0 saturated carbocycles. The Morgan fingerprint density at radius 3 is 2.74 bits per heavy atom. The summed E-state index contributed by atoms with van der Waals surface area (Å²) in [4.78, 5) is 19.1. The number of para-hydroxylation sites is 1. The molecule has 1 atom stereocenters. The topological polar surface area (TPSA) is 71.3 Å². The Morgan fingerprint density at radius 1 is 1.22 bits per heavy atom. The Balaban J connectivity index is 1.49. The number of nitrogens with zero attached hydrogens (tertiary/aromatic N) is 3. The minimum Gasteiger partial charge on any atom is -0.363 e. The van der Waals surface area contributed by atoms with Gasteiger partial charge >= 0.3 is 0 Å². The highest BCUT2D eigenvalue weighted by atomic mass is 16.5. The number of hydrogen-bond acceptors (Lipinski definition) is 5. The van der Waals surface area contributed by atoms with E-state index in [4.69, 9.17) is 4.52 Å². The van der Waals surface area contributed by atoms with Crippen LogP contribution in [0.5, 0.6) is 0 Å². The lowest BCUT2D eigenvalue weighted by atomic mass is 10.1. The van der Waals surface area contributed by atoms with Crippen molar-refractivity contribution in [3.8, 4) is 0 Å². The van der Waals surface area contributed by atoms with Crippen LogP contribution >= 0.6 is 0 Å². The predicted molar refractivity (Wildman–Crippen MR) is 104 cm³/mol. The third-order valence-corrected chi connectivity index (χ3v) is 5.03. The van der Waals surface area contributed by atoms with Gasteiger partial charge < -0.3 is 14.7 Å². The molecule has 6 heteroatoms. The summed E-state index contributed by atoms with van der Waals surface area (Å²) in [5, 5.41) is 7.33. The molecule has 0 radical (unpaired) electrons. The van der Waals surface area contributed by atoms with Gasteiger partial charge in [0.2, 0.25) is 0 Å². The quantitative estimate of drug-likeness (QED) is 0.758. The number of anilines is 2. The first-order chi connectivity index (χ1) is 13.0. The molecule has 1 aliphatic heterocycles. The van der Waals surface area contributed by atoms with Crippen molar-refractivity contribution >= 4 is 17.4 Å². The third-order valence-electron chi connectivity index (χ3n) is 5.03. The molecule has 6 nitrogen and oxygen atoms in total. The molecule has 4 rings (SSSR count). The summed E-state index contributed by atoms with van der Waals surface area (Å²) < 4.78 is 5.23. The molecular formula is C21H22N4O2. The van der Waals surface area contributed by atoms with E-state index in [2.05, 4.69) is 21.5 Å². The molecule has 1 aromatic carbocycles. The van der Waals surface area contributed by atoms with Crippen LogP contribution in [-0.2, 0) is 6.42 Å². The number of nitrogens with one attached hydrogen (secondary N) is 1. The Morgan fingerprint density at radius 2 is 2.04 bits per heavy atom. The number of pyridine rings is 1. The van der Waals surface area contributed by atoms with Crippen LogP contribution in [0.15, 0.2) is 47.1 Å². The Kier molecular flexibility index (Phi) is 4.39. The van der Waals surface area contributed by atoms with Crippen LogP contribution in [0.2, 0.25) is 0 Å². The van der Waals surface area contributed by atoms with E-state index in [0.29, 0.717) is 17.9 Å². The second-order valence-electron chi connectivity index (χ2n) is 6.87. The van der Waals surface area contributed by atoms with E-state index in [1.165, 1.54) is 5.56 Å². The van der Waals surface area contributed by atoms with Gasteiger partial charge in [-0.15, -0.1) is 0 Å². The SMILES string of the molecule is Cc1noc(C)c1C(C)Nc1ccc(C(=O)N2CCc3ccccc32)cn1. The van der Waals surface area contributed by atoms with Crippen LogP contribution in [0.25, 0.3) is 0 Å². The average molecular weight is 362 g/mol. The molecule has 3 heterocycles. The van der Waals surface area contributed by atoms with Crippen LogP contribution in [0.1, 0.15) is 45.9 Å². The van der Waals surface area contributed by atoms with Crippen LogP contribution in [0.4, 0.5) is 11.5 Å². The van der Waals surface area contributed by atoms with Crippen LogP contribution in [0.3, 0.4) is 0 Å². The minimum atomic E-state index is -0.0160. The fourth-order valence-corrected chi connectivity index (χ4v) is 3.71. The Bertz CT molecular complexity index is 959. The zero-order chi connectivity index (χ0) is 19.0. The maximum absolute atomic E-state index is 12.9. The molecule has 1 aliphatic rings. The standard InChI is InChI=1S/C21H22N4O2/c1-13(20-14(2)24-27-15(20)3)23-19-9-8-17(12-22-19)21(26)25-11-10-16-6-4-5-7-18(16)25/h4-9,12-13H,10-11H2,1-3H3,(H,22,23). The van der Waals surface area contributed by atoms with Gasteiger partial charge in [0.15, 0.2) is 0 Å². The summed E-state index contributed by atoms with van der Waals surface area (Å²) in [5.74, 6) is 1.49. The fourth-order valence-electron chi connectivity index (χ4n) is 3.71. The van der Waals surface area contributed by atoms with Gasteiger partial charge in [-0.2, -0.15) is 0 Å². The van der Waals surface area contributed by atoms with Crippen LogP contribution in [0, 0.1) is 13.8 Å². The number of carbonyl (C=O) groups excluding carboxylic acids is 1. The number of amides is 1. The molecular weight excluding hydrogens is 340 g/mol. The molecule has 1 unspecified atom stereocenters. The normalized spacial score (nSPS) is 14.1. The summed E-state index contributed by atoms with van der Waals surface area (Å²) in [6, 6.07) is 11.7. The van der Waals surface area contributed by atoms with E-state index in [1.54, 1.807) is 6.20 Å². The number of rotatable bonds is 4. The smallest absolute Gasteiger partial charge is 0.259 e. The highest BCUT2D eigenvalue weighted by molar-refractivity contribution is 6.07. The summed E-state index contributed by atoms with van der Waals surface area (Å²) >= 11 is 0. The van der Waals surface area contributed by atoms with Gasteiger partial charge in [-0.05, 0) is 51.0 Å². The van der Waals surface area contributed by atoms with E-state index in [-0.39, 0.29) is 11.9 Å². The van der Waals surface area contributed by atoms with E-state index < -0.39 is 0 Å². The van der Waals surface area contributed by atoms with E-state index >= 15 is 0 Å². The zero-order valence-electron chi connectivity index (χ0n) is 15.7. The zero-order valence-corrected chi connectivity index (χ0v) is 15.7. The molecule has 0 fully saturated rings. The van der Waals surface area contributed by atoms with Crippen LogP contribution < -0.4 is 10.2 Å². The largest absolute Gasteiger partial charge is 0.363 e. The van der Waals surface area contributed by atoms with Gasteiger partial charge in [0.05, 0.1) is 17.3 Å². The van der Waals surface area contributed by atoms with Crippen molar-refractivity contribution in [2.45, 2.75) is 33.2 Å². The van der Waals surface area contributed by atoms with Crippen molar-refractivity contribution in [1.29, 1.82) is 0 Å². The summed E-state index contributed by atoms with van der Waals surface area (Å²) in [5.41, 5.74) is 4.70. The molecule has 2 aromatic heterocycles. The molecule has 0 saturated heterocycles. The molecule has 3 aromatic rings. The van der Waals surface area contributed by atoms with Gasteiger partial charge in [-0.3, -0.25) is 4.79 Å². The number of hydrogen-bond donors (Lipinski definition) is 1. The van der Waals surface area contributed by atoms with Gasteiger partial charge in [0.25, 0.3) is 5.91 Å². The van der Waals surface area contributed by atoms with Crippen molar-refractivity contribution in [3.63, 3.8) is 0 Å². The van der Waals surface area contributed by atoms with Crippen molar-refractivity contribution in [3.05, 3.63) is 70.7 Å². The second-order valence-corrected chi connectivity index (χ2v) is 6.87. The Labute approximate surface area is 158 Å². The molecule has 0 aliphatic carbocycles. The fraction of sp³-hybridized carbons (Fsp3) is 0.286. The first-order valence-corrected chi connectivity index (χ1v) is 9.09. The van der Waals surface area contributed by atoms with E-state index in [0.717, 1.165) is 29.1 Å². The van der Waals surface area contributed by atoms with Crippen molar-refractivity contribution in [2.24, 2.45) is 0 Å². The van der Waals surface area contributed by atoms with Crippen molar-refractivity contribution in [1.82, 2.24) is 10.1 Å². The van der Waals surface area contributed by atoms with Gasteiger partial charge in [-0.1, -0.05) is 23.4 Å². The third kappa shape index (κ3) is 3.18. The molecule has 1 N–H and O–H groups in total. The van der Waals surface area contributed by atoms with Gasteiger partial charge in [0.1, 0.15) is 11.6 Å². The highest BCUT2D eigenvalue weighted by Crippen LogP contribution is 2.29. The van der Waals surface area contributed by atoms with Crippen LogP contribution in [-0.4, -0.2) is 22.6 Å². The Hall–Kier alpha value is -3.15. The second kappa shape index (κ2) is 6.87. The number of aryl methyl sites for hydroxylation is 2. The number of carbonyl (C=O) groups is 1. The monoisotopic (exact) mass is 362 g/mol. The molecule has 1 amide bonds. The molecule has 27 heavy (non-hydrogen) atoms. The van der Waals surface area contributed by atoms with E-state index in [1.807, 2.05) is 56.0 Å². The number of fused-ring (bicyclic) bond motifs is 1. The lowest BCUT2D eigenvalue weighted by Gasteiger charge is -2.18. The van der Waals surface area contributed by atoms with Gasteiger partial charge in [-0.25, -0.2) is 4.98 Å². The lowest BCUT2D eigenvalue weighted by molar-refractivity contribution is 0.0989. The molecule has 138 valence electrons. The highest BCUT2D eigenvalue weighted by Gasteiger charge is 2.25. The predicted octanol–water partition coefficient (Wildman–Crippen LogP) is 4.06. The van der Waals surface area contributed by atoms with Crippen molar-refractivity contribution in [2.75, 3.05) is 16.8 Å². The summed E-state index contributed by atoms with van der Waals surface area (Å²) in [6.07, 6.45) is 2.52. The molecule has 0 spiro atoms. The first kappa shape index (κ1) is 17.3. The van der Waals surface area contributed by atoms with Crippen molar-refractivity contribution < 1.29 is 9.32 Å².